The van der Waals surface area contributed by atoms with Crippen LogP contribution in [0.15, 0.2) is 105 Å². The summed E-state index contributed by atoms with van der Waals surface area (Å²) in [5, 5.41) is 28.3. The van der Waals surface area contributed by atoms with Crippen LogP contribution in [0.3, 0.4) is 0 Å². The van der Waals surface area contributed by atoms with Crippen LogP contribution >= 0.6 is 45.9 Å². The van der Waals surface area contributed by atoms with Crippen LogP contribution in [0, 0.1) is 20.2 Å². The lowest BCUT2D eigenvalue weighted by atomic mass is 10.1. The Morgan fingerprint density at radius 2 is 0.985 bits per heavy atom. The number of benzene rings is 4. The highest BCUT2D eigenvalue weighted by atomic mass is 35.5. The van der Waals surface area contributed by atoms with Crippen molar-refractivity contribution in [1.29, 1.82) is 0 Å². The predicted octanol–water partition coefficient (Wildman–Crippen LogP) is 7.63. The summed E-state index contributed by atoms with van der Waals surface area (Å²) >= 11 is 15.1. The average molecular weight is 1020 g/mol. The number of non-ortho nitro benzene ring substituents is 2. The molecule has 2 aromatic heterocycles. The Morgan fingerprint density at radius 3 is 1.36 bits per heavy atom. The summed E-state index contributed by atoms with van der Waals surface area (Å²) in [5.41, 5.74) is 3.56. The first-order valence-electron chi connectivity index (χ1n) is 20.1. The molecule has 2 fully saturated rings. The number of nitro groups is 2. The highest BCUT2D eigenvalue weighted by Gasteiger charge is 2.31. The zero-order valence-corrected chi connectivity index (χ0v) is 40.1. The Hall–Kier alpha value is -5.46. The maximum atomic E-state index is 12.9. The second-order valence-corrected chi connectivity index (χ2v) is 21.2. The third-order valence-corrected chi connectivity index (χ3v) is 17.1. The Kier molecular flexibility index (Phi) is 15.4. The summed E-state index contributed by atoms with van der Waals surface area (Å²) in [4.78, 5) is 34.2. The molecule has 0 unspecified atom stereocenters. The monoisotopic (exact) mass is 1020 g/mol. The Morgan fingerprint density at radius 1 is 0.576 bits per heavy atom. The van der Waals surface area contributed by atoms with Crippen molar-refractivity contribution in [2.75, 3.05) is 76.4 Å². The fourth-order valence-corrected chi connectivity index (χ4v) is 12.0. The van der Waals surface area contributed by atoms with Gasteiger partial charge in [-0.25, -0.2) is 26.8 Å². The van der Waals surface area contributed by atoms with Crippen molar-refractivity contribution >= 4 is 87.6 Å². The van der Waals surface area contributed by atoms with E-state index < -0.39 is 29.9 Å². The fraction of sp³-hybridized carbons (Fsp3) is 0.286. The average Bonchev–Trinajstić information content (AvgIpc) is 4.00. The maximum absolute atomic E-state index is 12.9. The van der Waals surface area contributed by atoms with E-state index in [-0.39, 0.29) is 21.2 Å². The summed E-state index contributed by atoms with van der Waals surface area (Å²) in [6.45, 7) is 3.25. The molecule has 0 saturated carbocycles. The number of hydrogen-bond donors (Lipinski definition) is 0. The normalized spacial score (nSPS) is 14.9. The van der Waals surface area contributed by atoms with Crippen LogP contribution in [0.1, 0.15) is 22.5 Å². The van der Waals surface area contributed by atoms with E-state index in [0.717, 1.165) is 44.3 Å². The summed E-state index contributed by atoms with van der Waals surface area (Å²) in [5.74, 6) is 1.44. The van der Waals surface area contributed by atoms with Crippen LogP contribution in [0.4, 0.5) is 21.6 Å². The van der Waals surface area contributed by atoms with Gasteiger partial charge in [0.05, 0.1) is 55.3 Å². The summed E-state index contributed by atoms with van der Waals surface area (Å²) in [7, 11) is -4.20. The number of aromatic nitrogens is 2. The molecule has 2 aliphatic heterocycles. The summed E-state index contributed by atoms with van der Waals surface area (Å²) in [6.07, 6.45) is 1.25. The molecule has 0 radical (unpaired) electrons. The minimum absolute atomic E-state index is 0.0507. The lowest BCUT2D eigenvalue weighted by Gasteiger charge is -2.33. The van der Waals surface area contributed by atoms with E-state index in [1.165, 1.54) is 79.8 Å². The number of piperazine rings is 2. The number of anilines is 2. The van der Waals surface area contributed by atoms with Crippen LogP contribution in [-0.4, -0.2) is 112 Å². The maximum Gasteiger partial charge on any atom is 0.269 e. The van der Waals surface area contributed by atoms with Gasteiger partial charge in [0.15, 0.2) is 10.3 Å². The van der Waals surface area contributed by atoms with E-state index in [2.05, 4.69) is 14.8 Å². The SMILES string of the molecule is COc1cc(Cc2csc(N3CCN(S(=O)(=O)c4ccc([N+](=O)[O-])cc4)CC3)n2)cc(OC)c1.O=[N+]([O-])c1ccc(S(=O)(=O)N2CCN(c3nc(Cc4ccc(Cl)c(Cl)c4)cs3)CC2)cc1. The van der Waals surface area contributed by atoms with Crippen molar-refractivity contribution < 1.29 is 36.2 Å². The summed E-state index contributed by atoms with van der Waals surface area (Å²) < 4.78 is 65.1. The first kappa shape index (κ1) is 48.5. The molecule has 0 amide bonds. The quantitative estimate of drug-likeness (QED) is 0.0759. The number of methoxy groups -OCH3 is 2. The van der Waals surface area contributed by atoms with Gasteiger partial charge in [0.2, 0.25) is 20.0 Å². The molecule has 348 valence electrons. The number of hydrogen-bond acceptors (Lipinski definition) is 16. The lowest BCUT2D eigenvalue weighted by molar-refractivity contribution is -0.385. The number of nitrogens with zero attached hydrogens (tertiary/aromatic N) is 8. The van der Waals surface area contributed by atoms with Crippen LogP contribution in [0.2, 0.25) is 10.0 Å². The van der Waals surface area contributed by atoms with Gasteiger partial charge in [0, 0.05) is 106 Å². The molecule has 0 bridgehead atoms. The number of sulfonamides is 2. The molecule has 2 saturated heterocycles. The number of nitro benzene ring substituents is 2. The van der Waals surface area contributed by atoms with Crippen molar-refractivity contribution in [3.63, 3.8) is 0 Å². The highest BCUT2D eigenvalue weighted by molar-refractivity contribution is 7.89. The van der Waals surface area contributed by atoms with E-state index in [0.29, 0.717) is 75.2 Å². The van der Waals surface area contributed by atoms with Crippen LogP contribution in [0.25, 0.3) is 0 Å². The van der Waals surface area contributed by atoms with Crippen LogP contribution in [-0.2, 0) is 32.9 Å². The molecule has 18 nitrogen and oxygen atoms in total. The third kappa shape index (κ3) is 11.6. The van der Waals surface area contributed by atoms with Crippen molar-refractivity contribution in [3.05, 3.63) is 148 Å². The molecular formula is C42H42Cl2N8O10S4. The van der Waals surface area contributed by atoms with Gasteiger partial charge < -0.3 is 19.3 Å². The zero-order valence-electron chi connectivity index (χ0n) is 35.4. The Bertz CT molecular complexity index is 2880. The van der Waals surface area contributed by atoms with Crippen molar-refractivity contribution in [1.82, 2.24) is 18.6 Å². The molecule has 24 heteroatoms. The first-order valence-corrected chi connectivity index (χ1v) is 25.5. The smallest absolute Gasteiger partial charge is 0.269 e. The number of rotatable bonds is 14. The van der Waals surface area contributed by atoms with Gasteiger partial charge in [0.1, 0.15) is 11.5 Å². The summed E-state index contributed by atoms with van der Waals surface area (Å²) in [6, 6.07) is 21.1. The van der Waals surface area contributed by atoms with Crippen molar-refractivity contribution in [2.45, 2.75) is 22.6 Å². The minimum atomic E-state index is -3.72. The second-order valence-electron chi connectivity index (χ2n) is 14.9. The van der Waals surface area contributed by atoms with E-state index in [1.807, 2.05) is 41.1 Å². The van der Waals surface area contributed by atoms with E-state index in [4.69, 9.17) is 37.7 Å². The number of ether oxygens (including phenoxy) is 2. The molecule has 0 spiro atoms. The van der Waals surface area contributed by atoms with Gasteiger partial charge in [0.25, 0.3) is 11.4 Å². The van der Waals surface area contributed by atoms with E-state index >= 15 is 0 Å². The second kappa shape index (κ2) is 21.0. The van der Waals surface area contributed by atoms with E-state index in [1.54, 1.807) is 20.3 Å². The van der Waals surface area contributed by atoms with Crippen molar-refractivity contribution in [2.24, 2.45) is 0 Å². The molecule has 0 N–H and O–H groups in total. The van der Waals surface area contributed by atoms with Gasteiger partial charge in [-0.3, -0.25) is 20.2 Å². The Labute approximate surface area is 399 Å². The highest BCUT2D eigenvalue weighted by Crippen LogP contribution is 2.30. The molecule has 4 heterocycles. The fourth-order valence-electron chi connectivity index (χ4n) is 7.10. The zero-order chi connectivity index (χ0) is 47.2. The van der Waals surface area contributed by atoms with Gasteiger partial charge in [-0.15, -0.1) is 22.7 Å². The van der Waals surface area contributed by atoms with Crippen molar-refractivity contribution in [3.8, 4) is 11.5 Å². The van der Waals surface area contributed by atoms with Gasteiger partial charge in [-0.2, -0.15) is 8.61 Å². The molecular weight excluding hydrogens is 976 g/mol. The molecule has 6 aromatic rings. The standard InChI is InChI=1S/C22H24N4O6S2.C20H18Cl2N4O4S2/c1-31-19-12-16(13-20(14-19)32-2)11-17-15-33-22(23-17)24-7-9-25(10-8-24)34(29,30)21-5-3-18(4-6-21)26(27)28;21-18-6-1-14(12-19(18)22)11-15-13-31-20(23-15)24-7-9-25(10-8-24)32(29,30)17-4-2-16(3-5-17)26(27)28/h3-6,12-15H,7-11H2,1-2H3;1-6,12-13H,7-11H2. The largest absolute Gasteiger partial charge is 0.497 e. The Balaban J connectivity index is 0.000000197. The third-order valence-electron chi connectivity index (χ3n) is 10.6. The molecule has 0 aliphatic carbocycles. The van der Waals surface area contributed by atoms with Crippen LogP contribution < -0.4 is 19.3 Å². The van der Waals surface area contributed by atoms with Gasteiger partial charge in [-0.05, 0) is 59.7 Å². The number of halogens is 2. The molecule has 2 aliphatic rings. The molecule has 66 heavy (non-hydrogen) atoms. The van der Waals surface area contributed by atoms with E-state index in [9.17, 15) is 37.1 Å². The first-order chi connectivity index (χ1) is 31.5. The lowest BCUT2D eigenvalue weighted by Crippen LogP contribution is -2.48. The van der Waals surface area contributed by atoms with Gasteiger partial charge in [-0.1, -0.05) is 29.3 Å². The predicted molar refractivity (Wildman–Crippen MR) is 254 cm³/mol. The number of thiazole rings is 2. The van der Waals surface area contributed by atoms with Crippen LogP contribution in [0.5, 0.6) is 11.5 Å². The molecule has 4 aromatic carbocycles. The topological polar surface area (TPSA) is 212 Å². The minimum Gasteiger partial charge on any atom is -0.497 e. The molecule has 0 atom stereocenters. The van der Waals surface area contributed by atoms with Gasteiger partial charge >= 0.3 is 0 Å². The molecule has 8 rings (SSSR count).